The molecular formula is C17H23BrO3. The highest BCUT2D eigenvalue weighted by atomic mass is 79.9. The lowest BCUT2D eigenvalue weighted by Gasteiger charge is -2.36. The summed E-state index contributed by atoms with van der Waals surface area (Å²) in [6.45, 7) is 2.65. The molecule has 1 aromatic carbocycles. The smallest absolute Gasteiger partial charge is 0.309 e. The van der Waals surface area contributed by atoms with E-state index < -0.39 is 11.4 Å². The lowest BCUT2D eigenvalue weighted by Crippen LogP contribution is -2.36. The zero-order chi connectivity index (χ0) is 15.3. The Bertz CT molecular complexity index is 461. The van der Waals surface area contributed by atoms with E-state index in [-0.39, 0.29) is 0 Å². The summed E-state index contributed by atoms with van der Waals surface area (Å²) in [6, 6.07) is 7.64. The first kappa shape index (κ1) is 16.3. The Morgan fingerprint density at radius 1 is 1.33 bits per heavy atom. The van der Waals surface area contributed by atoms with Crippen LogP contribution in [-0.2, 0) is 4.79 Å². The minimum absolute atomic E-state index is 0.463. The molecule has 0 heterocycles. The number of rotatable bonds is 6. The summed E-state index contributed by atoms with van der Waals surface area (Å²) in [4.78, 5) is 11.7. The quantitative estimate of drug-likeness (QED) is 0.790. The van der Waals surface area contributed by atoms with E-state index in [2.05, 4.69) is 22.9 Å². The van der Waals surface area contributed by atoms with E-state index in [0.717, 1.165) is 42.3 Å². The van der Waals surface area contributed by atoms with Crippen molar-refractivity contribution in [1.29, 1.82) is 0 Å². The maximum atomic E-state index is 11.7. The number of aliphatic carboxylic acids is 1. The third-order valence-corrected chi connectivity index (χ3v) is 5.28. The summed E-state index contributed by atoms with van der Waals surface area (Å²) in [5, 5.41) is 9.62. The summed E-state index contributed by atoms with van der Waals surface area (Å²) in [5.41, 5.74) is -0.582. The van der Waals surface area contributed by atoms with Crippen LogP contribution in [0.4, 0.5) is 0 Å². The van der Waals surface area contributed by atoms with Crippen LogP contribution in [0.5, 0.6) is 5.75 Å². The van der Waals surface area contributed by atoms with Gasteiger partial charge in [-0.15, -0.1) is 0 Å². The topological polar surface area (TPSA) is 46.5 Å². The Morgan fingerprint density at radius 2 is 1.95 bits per heavy atom. The molecule has 4 heteroatoms. The number of carboxylic acid groups (broad SMARTS) is 1. The predicted octanol–water partition coefficient (Wildman–Crippen LogP) is 4.89. The van der Waals surface area contributed by atoms with Crippen molar-refractivity contribution < 1.29 is 14.6 Å². The highest BCUT2D eigenvalue weighted by molar-refractivity contribution is 9.10. The molecule has 0 aliphatic heterocycles. The highest BCUT2D eigenvalue weighted by Gasteiger charge is 2.41. The number of ether oxygens (including phenoxy) is 1. The SMILES string of the molecule is CCC1CCC(CCOc2ccc(Br)cc2)(C(=O)O)CC1. The van der Waals surface area contributed by atoms with E-state index in [9.17, 15) is 9.90 Å². The molecule has 0 saturated heterocycles. The van der Waals surface area contributed by atoms with E-state index in [4.69, 9.17) is 4.74 Å². The summed E-state index contributed by atoms with van der Waals surface area (Å²) in [5.74, 6) is 0.835. The first-order valence-corrected chi connectivity index (χ1v) is 8.47. The summed E-state index contributed by atoms with van der Waals surface area (Å²) >= 11 is 3.38. The third-order valence-electron chi connectivity index (χ3n) is 4.76. The molecule has 0 unspecified atom stereocenters. The number of carbonyl (C=O) groups is 1. The van der Waals surface area contributed by atoms with Crippen LogP contribution in [0.3, 0.4) is 0 Å². The fraction of sp³-hybridized carbons (Fsp3) is 0.588. The van der Waals surface area contributed by atoms with Crippen LogP contribution in [0.25, 0.3) is 0 Å². The molecule has 0 atom stereocenters. The van der Waals surface area contributed by atoms with Gasteiger partial charge < -0.3 is 9.84 Å². The Balaban J connectivity index is 1.89. The number of carboxylic acids is 1. The van der Waals surface area contributed by atoms with Gasteiger partial charge >= 0.3 is 5.97 Å². The molecule has 3 nitrogen and oxygen atoms in total. The molecule has 0 radical (unpaired) electrons. The molecule has 0 spiro atoms. The highest BCUT2D eigenvalue weighted by Crippen LogP contribution is 2.42. The van der Waals surface area contributed by atoms with Crippen molar-refractivity contribution in [2.75, 3.05) is 6.61 Å². The number of hydrogen-bond donors (Lipinski definition) is 1. The zero-order valence-electron chi connectivity index (χ0n) is 12.5. The molecule has 1 fully saturated rings. The second-order valence-corrected chi connectivity index (χ2v) is 6.91. The molecule has 0 bridgehead atoms. The lowest BCUT2D eigenvalue weighted by atomic mass is 9.68. The van der Waals surface area contributed by atoms with E-state index in [0.29, 0.717) is 18.9 Å². The normalized spacial score (nSPS) is 25.5. The fourth-order valence-electron chi connectivity index (χ4n) is 3.10. The molecule has 1 aromatic rings. The van der Waals surface area contributed by atoms with Gasteiger partial charge in [-0.05, 0) is 62.3 Å². The average Bonchev–Trinajstić information content (AvgIpc) is 2.50. The van der Waals surface area contributed by atoms with Crippen molar-refractivity contribution in [2.45, 2.75) is 45.4 Å². The monoisotopic (exact) mass is 354 g/mol. The van der Waals surface area contributed by atoms with Gasteiger partial charge in [-0.25, -0.2) is 0 Å². The fourth-order valence-corrected chi connectivity index (χ4v) is 3.37. The van der Waals surface area contributed by atoms with E-state index in [1.54, 1.807) is 0 Å². The van der Waals surface area contributed by atoms with Gasteiger partial charge in [0.05, 0.1) is 12.0 Å². The first-order valence-electron chi connectivity index (χ1n) is 7.67. The number of benzene rings is 1. The van der Waals surface area contributed by atoms with Crippen LogP contribution < -0.4 is 4.74 Å². The predicted molar refractivity (Wildman–Crippen MR) is 86.6 cm³/mol. The van der Waals surface area contributed by atoms with Gasteiger partial charge in [0.2, 0.25) is 0 Å². The van der Waals surface area contributed by atoms with Crippen molar-refractivity contribution >= 4 is 21.9 Å². The minimum Gasteiger partial charge on any atom is -0.494 e. The van der Waals surface area contributed by atoms with E-state index in [1.807, 2.05) is 24.3 Å². The Labute approximate surface area is 134 Å². The molecular weight excluding hydrogens is 332 g/mol. The van der Waals surface area contributed by atoms with Crippen molar-refractivity contribution in [2.24, 2.45) is 11.3 Å². The van der Waals surface area contributed by atoms with Gasteiger partial charge in [0.25, 0.3) is 0 Å². The second-order valence-electron chi connectivity index (χ2n) is 5.99. The van der Waals surface area contributed by atoms with Gasteiger partial charge in [-0.3, -0.25) is 4.79 Å². The van der Waals surface area contributed by atoms with Crippen molar-refractivity contribution in [3.05, 3.63) is 28.7 Å². The van der Waals surface area contributed by atoms with Gasteiger partial charge in [-0.1, -0.05) is 29.3 Å². The number of halogens is 1. The van der Waals surface area contributed by atoms with Crippen LogP contribution in [0.2, 0.25) is 0 Å². The van der Waals surface area contributed by atoms with Gasteiger partial charge in [-0.2, -0.15) is 0 Å². The van der Waals surface area contributed by atoms with Crippen molar-refractivity contribution in [3.63, 3.8) is 0 Å². The third kappa shape index (κ3) is 4.22. The van der Waals surface area contributed by atoms with Crippen molar-refractivity contribution in [3.8, 4) is 5.75 Å². The first-order chi connectivity index (χ1) is 10.1. The Kier molecular flexibility index (Phi) is 5.68. The minimum atomic E-state index is -0.656. The zero-order valence-corrected chi connectivity index (χ0v) is 14.1. The van der Waals surface area contributed by atoms with Crippen molar-refractivity contribution in [1.82, 2.24) is 0 Å². The van der Waals surface area contributed by atoms with Crippen LogP contribution in [-0.4, -0.2) is 17.7 Å². The largest absolute Gasteiger partial charge is 0.494 e. The van der Waals surface area contributed by atoms with Crippen LogP contribution in [0.1, 0.15) is 45.4 Å². The molecule has 21 heavy (non-hydrogen) atoms. The maximum Gasteiger partial charge on any atom is 0.309 e. The second kappa shape index (κ2) is 7.30. The molecule has 1 aliphatic rings. The summed E-state index contributed by atoms with van der Waals surface area (Å²) < 4.78 is 6.72. The summed E-state index contributed by atoms with van der Waals surface area (Å²) in [7, 11) is 0. The molecule has 1 aliphatic carbocycles. The van der Waals surface area contributed by atoms with E-state index in [1.165, 1.54) is 0 Å². The van der Waals surface area contributed by atoms with Gasteiger partial charge in [0, 0.05) is 4.47 Å². The van der Waals surface area contributed by atoms with Gasteiger partial charge in [0.1, 0.15) is 5.75 Å². The molecule has 0 aromatic heterocycles. The molecule has 1 N–H and O–H groups in total. The maximum absolute atomic E-state index is 11.7. The van der Waals surface area contributed by atoms with Crippen LogP contribution in [0.15, 0.2) is 28.7 Å². The molecule has 1 saturated carbocycles. The number of hydrogen-bond acceptors (Lipinski definition) is 2. The molecule has 2 rings (SSSR count). The van der Waals surface area contributed by atoms with Crippen LogP contribution in [0, 0.1) is 11.3 Å². The van der Waals surface area contributed by atoms with Gasteiger partial charge in [0.15, 0.2) is 0 Å². The Morgan fingerprint density at radius 3 is 2.48 bits per heavy atom. The van der Waals surface area contributed by atoms with E-state index >= 15 is 0 Å². The lowest BCUT2D eigenvalue weighted by molar-refractivity contribution is -0.152. The standard InChI is InChI=1S/C17H23BrO3/c1-2-13-7-9-17(10-8-13,16(19)20)11-12-21-15-5-3-14(18)4-6-15/h3-6,13H,2,7-12H2,1H3,(H,19,20). The molecule has 0 amide bonds. The average molecular weight is 355 g/mol. The Hall–Kier alpha value is -1.03. The summed E-state index contributed by atoms with van der Waals surface area (Å²) in [6.07, 6.45) is 5.37. The molecule has 116 valence electrons. The van der Waals surface area contributed by atoms with Crippen LogP contribution >= 0.6 is 15.9 Å².